The summed E-state index contributed by atoms with van der Waals surface area (Å²) in [6, 6.07) is 4.78. The van der Waals surface area contributed by atoms with Gasteiger partial charge in [0.25, 0.3) is 0 Å². The fraction of sp³-hybridized carbons (Fsp3) is 0.200. The van der Waals surface area contributed by atoms with Crippen LogP contribution in [0.1, 0.15) is 17.3 Å². The molecule has 1 rings (SSSR count). The number of halogens is 3. The third-order valence-electron chi connectivity index (χ3n) is 1.80. The quantitative estimate of drug-likeness (QED) is 0.626. The predicted molar refractivity (Wildman–Crippen MR) is 61.7 cm³/mol. The number of hydrogen-bond acceptors (Lipinski definition) is 2. The molecule has 0 aliphatic heterocycles. The van der Waals surface area contributed by atoms with Gasteiger partial charge in [-0.3, -0.25) is 9.59 Å². The van der Waals surface area contributed by atoms with Crippen LogP contribution in [-0.4, -0.2) is 17.7 Å². The monoisotopic (exact) mass is 336 g/mol. The fourth-order valence-electron chi connectivity index (χ4n) is 1.02. The molecule has 0 aliphatic rings. The Morgan fingerprint density at radius 3 is 2.47 bits per heavy atom. The Labute approximate surface area is 103 Å². The molecule has 0 aliphatic carbocycles. The van der Waals surface area contributed by atoms with Gasteiger partial charge in [-0.2, -0.15) is 0 Å². The molecule has 0 radical (unpaired) electrons. The molecule has 1 unspecified atom stereocenters. The molecule has 0 N–H and O–H groups in total. The maximum absolute atomic E-state index is 13.2. The van der Waals surface area contributed by atoms with Crippen LogP contribution in [0.5, 0.6) is 0 Å². The lowest BCUT2D eigenvalue weighted by atomic mass is 10.1. The van der Waals surface area contributed by atoms with Crippen molar-refractivity contribution in [3.63, 3.8) is 0 Å². The predicted octanol–water partition coefficient (Wildman–Crippen LogP) is 3.32. The fourth-order valence-corrected chi connectivity index (χ4v) is 1.84. The minimum atomic E-state index is -2.09. The van der Waals surface area contributed by atoms with Gasteiger partial charge in [0.15, 0.2) is 5.78 Å². The van der Waals surface area contributed by atoms with Crippen molar-refractivity contribution < 1.29 is 14.0 Å². The summed E-state index contributed by atoms with van der Waals surface area (Å²) in [5.74, 6) is -1.61. The van der Waals surface area contributed by atoms with E-state index in [1.54, 1.807) is 12.1 Å². The summed E-state index contributed by atoms with van der Waals surface area (Å²) in [5, 5.41) is 0. The van der Waals surface area contributed by atoms with Crippen molar-refractivity contribution in [2.24, 2.45) is 0 Å². The molecular weight excluding hydrogens is 331 g/mol. The molecule has 0 spiro atoms. The average molecular weight is 338 g/mol. The standard InChI is InChI=1S/C10H7Br2FO2/c1-5(14)9(13)10(15)6-3-2-4-7(11)8(6)12/h2-4,9H,1H3. The molecule has 0 heterocycles. The maximum Gasteiger partial charge on any atom is 0.220 e. The van der Waals surface area contributed by atoms with Crippen LogP contribution < -0.4 is 0 Å². The van der Waals surface area contributed by atoms with Crippen molar-refractivity contribution in [1.82, 2.24) is 0 Å². The molecule has 5 heteroatoms. The van der Waals surface area contributed by atoms with E-state index in [-0.39, 0.29) is 5.56 Å². The Kier molecular flexibility index (Phi) is 4.16. The molecule has 2 nitrogen and oxygen atoms in total. The highest BCUT2D eigenvalue weighted by Gasteiger charge is 2.25. The van der Waals surface area contributed by atoms with Crippen molar-refractivity contribution in [3.8, 4) is 0 Å². The Morgan fingerprint density at radius 1 is 1.33 bits per heavy atom. The van der Waals surface area contributed by atoms with E-state index in [1.807, 2.05) is 0 Å². The van der Waals surface area contributed by atoms with E-state index in [4.69, 9.17) is 0 Å². The van der Waals surface area contributed by atoms with Crippen LogP contribution in [0, 0.1) is 0 Å². The van der Waals surface area contributed by atoms with Gasteiger partial charge in [-0.1, -0.05) is 12.1 Å². The largest absolute Gasteiger partial charge is 0.296 e. The smallest absolute Gasteiger partial charge is 0.220 e. The first kappa shape index (κ1) is 12.5. The number of carbonyl (C=O) groups is 2. The lowest BCUT2D eigenvalue weighted by Gasteiger charge is -2.06. The van der Waals surface area contributed by atoms with Crippen molar-refractivity contribution in [2.75, 3.05) is 0 Å². The number of Topliss-reactive ketones (excluding diaryl/α,β-unsaturated/α-hetero) is 2. The number of hydrogen-bond donors (Lipinski definition) is 0. The molecule has 15 heavy (non-hydrogen) atoms. The minimum absolute atomic E-state index is 0.159. The summed E-state index contributed by atoms with van der Waals surface area (Å²) in [6.07, 6.45) is -2.09. The molecule has 1 aromatic rings. The van der Waals surface area contributed by atoms with E-state index in [2.05, 4.69) is 31.9 Å². The van der Waals surface area contributed by atoms with Gasteiger partial charge in [-0.25, -0.2) is 4.39 Å². The average Bonchev–Trinajstić information content (AvgIpc) is 2.20. The first-order valence-electron chi connectivity index (χ1n) is 4.08. The number of carbonyl (C=O) groups excluding carboxylic acids is 2. The highest BCUT2D eigenvalue weighted by atomic mass is 79.9. The van der Waals surface area contributed by atoms with E-state index in [0.717, 1.165) is 6.92 Å². The van der Waals surface area contributed by atoms with Gasteiger partial charge in [-0.05, 0) is 44.8 Å². The summed E-state index contributed by atoms with van der Waals surface area (Å²) in [6.45, 7) is 1.05. The number of alkyl halides is 1. The van der Waals surface area contributed by atoms with Gasteiger partial charge in [-0.15, -0.1) is 0 Å². The molecule has 0 amide bonds. The summed E-state index contributed by atoms with van der Waals surface area (Å²) < 4.78 is 14.3. The van der Waals surface area contributed by atoms with Gasteiger partial charge >= 0.3 is 0 Å². The zero-order valence-corrected chi connectivity index (χ0v) is 10.9. The molecule has 0 saturated carbocycles. The van der Waals surface area contributed by atoms with E-state index < -0.39 is 17.7 Å². The zero-order chi connectivity index (χ0) is 11.6. The lowest BCUT2D eigenvalue weighted by Crippen LogP contribution is -2.23. The van der Waals surface area contributed by atoms with E-state index in [0.29, 0.717) is 8.95 Å². The molecule has 0 bridgehead atoms. The van der Waals surface area contributed by atoms with Crippen LogP contribution in [0.2, 0.25) is 0 Å². The SMILES string of the molecule is CC(=O)C(F)C(=O)c1cccc(Br)c1Br. The van der Waals surface area contributed by atoms with Crippen LogP contribution >= 0.6 is 31.9 Å². The third-order valence-corrected chi connectivity index (χ3v) is 3.85. The topological polar surface area (TPSA) is 34.1 Å². The number of rotatable bonds is 3. The lowest BCUT2D eigenvalue weighted by molar-refractivity contribution is -0.120. The molecular formula is C10H7Br2FO2. The summed E-state index contributed by atoms with van der Waals surface area (Å²) in [5.41, 5.74) is 0.159. The Bertz CT molecular complexity index is 418. The molecule has 0 saturated heterocycles. The van der Waals surface area contributed by atoms with Gasteiger partial charge in [0, 0.05) is 14.5 Å². The Balaban J connectivity index is 3.12. The van der Waals surface area contributed by atoms with Crippen LogP contribution in [0.15, 0.2) is 27.1 Å². The zero-order valence-electron chi connectivity index (χ0n) is 7.76. The number of benzene rings is 1. The second-order valence-electron chi connectivity index (χ2n) is 2.94. The molecule has 80 valence electrons. The minimum Gasteiger partial charge on any atom is -0.296 e. The van der Waals surface area contributed by atoms with E-state index >= 15 is 0 Å². The van der Waals surface area contributed by atoms with Crippen molar-refractivity contribution in [2.45, 2.75) is 13.1 Å². The first-order valence-corrected chi connectivity index (χ1v) is 5.66. The van der Waals surface area contributed by atoms with Crippen LogP contribution in [0.25, 0.3) is 0 Å². The van der Waals surface area contributed by atoms with Gasteiger partial charge in [0.2, 0.25) is 12.0 Å². The van der Waals surface area contributed by atoms with Gasteiger partial charge in [0.05, 0.1) is 0 Å². The number of ketones is 2. The van der Waals surface area contributed by atoms with E-state index in [9.17, 15) is 14.0 Å². The van der Waals surface area contributed by atoms with Crippen molar-refractivity contribution >= 4 is 43.4 Å². The third kappa shape index (κ3) is 2.72. The summed E-state index contributed by atoms with van der Waals surface area (Å²) in [7, 11) is 0. The molecule has 1 aromatic carbocycles. The first-order chi connectivity index (χ1) is 6.95. The maximum atomic E-state index is 13.2. The highest BCUT2D eigenvalue weighted by Crippen LogP contribution is 2.27. The highest BCUT2D eigenvalue weighted by molar-refractivity contribution is 9.13. The molecule has 0 fully saturated rings. The van der Waals surface area contributed by atoms with E-state index in [1.165, 1.54) is 6.07 Å². The molecule has 1 atom stereocenters. The van der Waals surface area contributed by atoms with Gasteiger partial charge in [0.1, 0.15) is 0 Å². The van der Waals surface area contributed by atoms with Gasteiger partial charge < -0.3 is 0 Å². The van der Waals surface area contributed by atoms with Crippen LogP contribution in [-0.2, 0) is 4.79 Å². The molecule has 0 aromatic heterocycles. The van der Waals surface area contributed by atoms with Crippen molar-refractivity contribution in [3.05, 3.63) is 32.7 Å². The second-order valence-corrected chi connectivity index (χ2v) is 4.59. The Morgan fingerprint density at radius 2 is 1.93 bits per heavy atom. The Hall–Kier alpha value is -0.550. The normalized spacial score (nSPS) is 12.3. The summed E-state index contributed by atoms with van der Waals surface area (Å²) in [4.78, 5) is 22.2. The van der Waals surface area contributed by atoms with Crippen molar-refractivity contribution in [1.29, 1.82) is 0 Å². The summed E-state index contributed by atoms with van der Waals surface area (Å²) >= 11 is 6.35. The van der Waals surface area contributed by atoms with Crippen LogP contribution in [0.4, 0.5) is 4.39 Å². The second kappa shape index (κ2) is 4.99. The van der Waals surface area contributed by atoms with Crippen LogP contribution in [0.3, 0.4) is 0 Å².